The van der Waals surface area contributed by atoms with Crippen LogP contribution in [0.5, 0.6) is 11.6 Å². The summed E-state index contributed by atoms with van der Waals surface area (Å²) in [4.78, 5) is 31.8. The zero-order valence-corrected chi connectivity index (χ0v) is 16.8. The van der Waals surface area contributed by atoms with E-state index in [0.29, 0.717) is 34.9 Å². The number of aryl methyl sites for hydroxylation is 1. The number of H-pyrrole nitrogens is 1. The molecule has 0 amide bonds. The lowest BCUT2D eigenvalue weighted by Gasteiger charge is -2.18. The second kappa shape index (κ2) is 7.02. The van der Waals surface area contributed by atoms with Gasteiger partial charge in [-0.05, 0) is 62.1 Å². The Balaban J connectivity index is 1.60. The second-order valence-electron chi connectivity index (χ2n) is 7.57. The van der Waals surface area contributed by atoms with Crippen molar-refractivity contribution in [3.8, 4) is 22.9 Å². The summed E-state index contributed by atoms with van der Waals surface area (Å²) in [7, 11) is 0. The number of nitrogens with one attached hydrogen (secondary N) is 1. The standard InChI is InChI=1S/C23H21N3O4/c1-3-16-20(26(14-4-5-14)23(28)25-21(16)27)17-7-6-15(12-13(17)2)30-22-18-9-11-29-19(18)8-10-24-22/h6-12,14H,3-5H2,1-2H3,(H,25,27,28). The van der Waals surface area contributed by atoms with Gasteiger partial charge in [0.05, 0.1) is 17.3 Å². The van der Waals surface area contributed by atoms with Crippen LogP contribution in [0.4, 0.5) is 0 Å². The fourth-order valence-electron chi connectivity index (χ4n) is 3.92. The number of hydrogen-bond acceptors (Lipinski definition) is 5. The quantitative estimate of drug-likeness (QED) is 0.535. The van der Waals surface area contributed by atoms with Crippen LogP contribution < -0.4 is 16.0 Å². The number of aromatic nitrogens is 3. The average molecular weight is 403 g/mol. The third-order valence-corrected chi connectivity index (χ3v) is 5.52. The maximum Gasteiger partial charge on any atom is 0.329 e. The Morgan fingerprint density at radius 2 is 2.07 bits per heavy atom. The lowest BCUT2D eigenvalue weighted by atomic mass is 9.99. The minimum atomic E-state index is -0.342. The predicted octanol–water partition coefficient (Wildman–Crippen LogP) is 4.34. The number of furan rings is 1. The van der Waals surface area contributed by atoms with Crippen molar-refractivity contribution in [3.05, 3.63) is 74.8 Å². The topological polar surface area (TPSA) is 90.1 Å². The molecule has 0 spiro atoms. The van der Waals surface area contributed by atoms with E-state index in [1.807, 2.05) is 38.1 Å². The maximum atomic E-state index is 12.6. The number of pyridine rings is 1. The molecule has 1 N–H and O–H groups in total. The molecule has 3 aromatic heterocycles. The first-order valence-corrected chi connectivity index (χ1v) is 10.1. The Bertz CT molecular complexity index is 1380. The molecule has 4 aromatic rings. The van der Waals surface area contributed by atoms with Crippen molar-refractivity contribution in [2.75, 3.05) is 0 Å². The monoisotopic (exact) mass is 403 g/mol. The van der Waals surface area contributed by atoms with Gasteiger partial charge in [-0.15, -0.1) is 0 Å². The summed E-state index contributed by atoms with van der Waals surface area (Å²) in [5.41, 5.74) is 3.17. The molecule has 0 unspecified atom stereocenters. The number of ether oxygens (including phenoxy) is 1. The van der Waals surface area contributed by atoms with E-state index in [9.17, 15) is 9.59 Å². The highest BCUT2D eigenvalue weighted by atomic mass is 16.5. The number of hydrogen-bond donors (Lipinski definition) is 1. The summed E-state index contributed by atoms with van der Waals surface area (Å²) < 4.78 is 13.2. The van der Waals surface area contributed by atoms with E-state index in [4.69, 9.17) is 9.15 Å². The summed E-state index contributed by atoms with van der Waals surface area (Å²) >= 11 is 0. The highest BCUT2D eigenvalue weighted by Crippen LogP contribution is 2.39. The lowest BCUT2D eigenvalue weighted by Crippen LogP contribution is -2.33. The van der Waals surface area contributed by atoms with E-state index in [1.54, 1.807) is 23.1 Å². The Kier molecular flexibility index (Phi) is 4.31. The second-order valence-corrected chi connectivity index (χ2v) is 7.57. The fraction of sp³-hybridized carbons (Fsp3) is 0.261. The van der Waals surface area contributed by atoms with E-state index in [0.717, 1.165) is 29.4 Å². The smallest absolute Gasteiger partial charge is 0.329 e. The number of benzene rings is 1. The third-order valence-electron chi connectivity index (χ3n) is 5.52. The van der Waals surface area contributed by atoms with Crippen molar-refractivity contribution in [2.45, 2.75) is 39.2 Å². The first kappa shape index (κ1) is 18.4. The number of fused-ring (bicyclic) bond motifs is 1. The van der Waals surface area contributed by atoms with Crippen molar-refractivity contribution in [2.24, 2.45) is 0 Å². The summed E-state index contributed by atoms with van der Waals surface area (Å²) in [5.74, 6) is 1.09. The van der Waals surface area contributed by atoms with Crippen LogP contribution in [0.3, 0.4) is 0 Å². The molecular weight excluding hydrogens is 382 g/mol. The zero-order chi connectivity index (χ0) is 20.8. The summed E-state index contributed by atoms with van der Waals surface area (Å²) in [6.07, 6.45) is 5.68. The molecule has 7 heteroatoms. The molecule has 1 aromatic carbocycles. The molecule has 1 aliphatic carbocycles. The largest absolute Gasteiger partial charge is 0.464 e. The molecule has 0 saturated heterocycles. The maximum absolute atomic E-state index is 12.6. The molecule has 0 radical (unpaired) electrons. The number of aromatic amines is 1. The van der Waals surface area contributed by atoms with Crippen LogP contribution in [0.2, 0.25) is 0 Å². The molecule has 152 valence electrons. The van der Waals surface area contributed by atoms with E-state index < -0.39 is 0 Å². The van der Waals surface area contributed by atoms with Gasteiger partial charge in [-0.2, -0.15) is 0 Å². The van der Waals surface area contributed by atoms with Crippen molar-refractivity contribution < 1.29 is 9.15 Å². The SMILES string of the molecule is CCc1c(-c2ccc(Oc3nccc4occc34)cc2C)n(C2CC2)c(=O)[nH]c1=O. The van der Waals surface area contributed by atoms with Crippen LogP contribution in [-0.4, -0.2) is 14.5 Å². The number of rotatable bonds is 5. The highest BCUT2D eigenvalue weighted by Gasteiger charge is 2.30. The van der Waals surface area contributed by atoms with E-state index in [1.165, 1.54) is 0 Å². The van der Waals surface area contributed by atoms with Crippen molar-refractivity contribution >= 4 is 11.0 Å². The lowest BCUT2D eigenvalue weighted by molar-refractivity contribution is 0.468. The molecule has 0 aliphatic heterocycles. The van der Waals surface area contributed by atoms with Gasteiger partial charge in [-0.25, -0.2) is 9.78 Å². The van der Waals surface area contributed by atoms with Crippen molar-refractivity contribution in [1.82, 2.24) is 14.5 Å². The Morgan fingerprint density at radius 3 is 2.80 bits per heavy atom. The average Bonchev–Trinajstić information content (AvgIpc) is 3.43. The van der Waals surface area contributed by atoms with Crippen LogP contribution >= 0.6 is 0 Å². The van der Waals surface area contributed by atoms with Crippen molar-refractivity contribution in [3.63, 3.8) is 0 Å². The zero-order valence-electron chi connectivity index (χ0n) is 16.8. The first-order chi connectivity index (χ1) is 14.6. The fourth-order valence-corrected chi connectivity index (χ4v) is 3.92. The normalized spacial score (nSPS) is 13.7. The van der Waals surface area contributed by atoms with Gasteiger partial charge in [0.1, 0.15) is 11.3 Å². The van der Waals surface area contributed by atoms with Crippen LogP contribution in [-0.2, 0) is 6.42 Å². The molecule has 0 bridgehead atoms. The third kappa shape index (κ3) is 3.03. The minimum Gasteiger partial charge on any atom is -0.464 e. The van der Waals surface area contributed by atoms with E-state index in [2.05, 4.69) is 9.97 Å². The van der Waals surface area contributed by atoms with Gasteiger partial charge in [0.25, 0.3) is 5.56 Å². The van der Waals surface area contributed by atoms with Crippen LogP contribution in [0, 0.1) is 6.92 Å². The van der Waals surface area contributed by atoms with Crippen LogP contribution in [0.15, 0.2) is 56.8 Å². The van der Waals surface area contributed by atoms with Gasteiger partial charge in [0.15, 0.2) is 0 Å². The van der Waals surface area contributed by atoms with Gasteiger partial charge in [0.2, 0.25) is 5.88 Å². The molecule has 1 saturated carbocycles. The Hall–Kier alpha value is -3.61. The summed E-state index contributed by atoms with van der Waals surface area (Å²) in [6.45, 7) is 3.89. The van der Waals surface area contributed by atoms with Crippen LogP contribution in [0.25, 0.3) is 22.2 Å². The van der Waals surface area contributed by atoms with Gasteiger partial charge in [-0.3, -0.25) is 14.3 Å². The molecule has 3 heterocycles. The van der Waals surface area contributed by atoms with Gasteiger partial charge < -0.3 is 9.15 Å². The molecule has 30 heavy (non-hydrogen) atoms. The van der Waals surface area contributed by atoms with Crippen LogP contribution in [0.1, 0.15) is 36.9 Å². The first-order valence-electron chi connectivity index (χ1n) is 10.1. The summed E-state index contributed by atoms with van der Waals surface area (Å²) in [6, 6.07) is 9.40. The predicted molar refractivity (Wildman–Crippen MR) is 113 cm³/mol. The molecule has 1 aliphatic rings. The molecular formula is C23H21N3O4. The molecule has 7 nitrogen and oxygen atoms in total. The molecule has 0 atom stereocenters. The summed E-state index contributed by atoms with van der Waals surface area (Å²) in [5, 5.41) is 0.796. The van der Waals surface area contributed by atoms with Gasteiger partial charge >= 0.3 is 5.69 Å². The van der Waals surface area contributed by atoms with Crippen molar-refractivity contribution in [1.29, 1.82) is 0 Å². The Morgan fingerprint density at radius 1 is 1.23 bits per heavy atom. The molecule has 1 fully saturated rings. The highest BCUT2D eigenvalue weighted by molar-refractivity contribution is 5.82. The van der Waals surface area contributed by atoms with E-state index >= 15 is 0 Å². The van der Waals surface area contributed by atoms with Gasteiger partial charge in [0, 0.05) is 23.4 Å². The Labute approximate surface area is 172 Å². The van der Waals surface area contributed by atoms with Gasteiger partial charge in [-0.1, -0.05) is 6.92 Å². The van der Waals surface area contributed by atoms with E-state index in [-0.39, 0.29) is 17.3 Å². The minimum absolute atomic E-state index is 0.146. The number of nitrogens with zero attached hydrogens (tertiary/aromatic N) is 2. The molecule has 5 rings (SSSR count).